The molecule has 0 heterocycles. The van der Waals surface area contributed by atoms with Gasteiger partial charge in [-0.15, -0.1) is 0 Å². The van der Waals surface area contributed by atoms with Crippen LogP contribution < -0.4 is 10.1 Å². The maximum Gasteiger partial charge on any atom is 0.261 e. The van der Waals surface area contributed by atoms with Crippen LogP contribution in [0.1, 0.15) is 44.2 Å². The van der Waals surface area contributed by atoms with Crippen LogP contribution in [0.5, 0.6) is 5.75 Å². The Morgan fingerprint density at radius 1 is 0.964 bits per heavy atom. The van der Waals surface area contributed by atoms with Crippen LogP contribution in [0, 0.1) is 0 Å². The van der Waals surface area contributed by atoms with E-state index in [-0.39, 0.29) is 5.91 Å². The molecule has 1 N–H and O–H groups in total. The number of amides is 1. The summed E-state index contributed by atoms with van der Waals surface area (Å²) in [5, 5.41) is 5.16. The fourth-order valence-corrected chi connectivity index (χ4v) is 3.29. The number of hydrogen-bond acceptors (Lipinski definition) is 2. The molecule has 3 rings (SSSR count). The van der Waals surface area contributed by atoms with Crippen molar-refractivity contribution in [3.05, 3.63) is 77.9 Å². The Hall–Kier alpha value is -2.81. The summed E-state index contributed by atoms with van der Waals surface area (Å²) in [5.74, 6) is 1.23. The molecular formula is C25H29NO2. The van der Waals surface area contributed by atoms with E-state index in [2.05, 4.69) is 43.4 Å². The molecule has 0 aliphatic carbocycles. The number of nitrogens with one attached hydrogen (secondary N) is 1. The van der Waals surface area contributed by atoms with Crippen LogP contribution in [-0.4, -0.2) is 18.6 Å². The molecule has 146 valence electrons. The molecule has 0 aromatic heterocycles. The van der Waals surface area contributed by atoms with Gasteiger partial charge >= 0.3 is 0 Å². The normalized spacial score (nSPS) is 12.1. The van der Waals surface area contributed by atoms with Crippen molar-refractivity contribution < 1.29 is 9.53 Å². The van der Waals surface area contributed by atoms with E-state index < -0.39 is 6.10 Å². The van der Waals surface area contributed by atoms with Crippen LogP contribution in [-0.2, 0) is 11.2 Å². The molecule has 0 aliphatic heterocycles. The first-order valence-corrected chi connectivity index (χ1v) is 10.1. The summed E-state index contributed by atoms with van der Waals surface area (Å²) >= 11 is 0. The Morgan fingerprint density at radius 2 is 1.68 bits per heavy atom. The number of benzene rings is 3. The predicted molar refractivity (Wildman–Crippen MR) is 116 cm³/mol. The van der Waals surface area contributed by atoms with E-state index >= 15 is 0 Å². The third kappa shape index (κ3) is 4.92. The third-order valence-electron chi connectivity index (χ3n) is 5.04. The zero-order valence-corrected chi connectivity index (χ0v) is 16.9. The number of rotatable bonds is 8. The van der Waals surface area contributed by atoms with Gasteiger partial charge in [-0.1, -0.05) is 81.4 Å². The second-order valence-corrected chi connectivity index (χ2v) is 7.43. The first-order valence-electron chi connectivity index (χ1n) is 10.1. The quantitative estimate of drug-likeness (QED) is 0.566. The summed E-state index contributed by atoms with van der Waals surface area (Å²) in [6.07, 6.45) is 0.946. The van der Waals surface area contributed by atoms with Gasteiger partial charge in [0.25, 0.3) is 5.91 Å². The van der Waals surface area contributed by atoms with Gasteiger partial charge in [-0.05, 0) is 41.3 Å². The minimum Gasteiger partial charge on any atom is -0.480 e. The first-order chi connectivity index (χ1) is 13.6. The van der Waals surface area contributed by atoms with E-state index in [0.717, 1.165) is 22.9 Å². The van der Waals surface area contributed by atoms with E-state index in [0.29, 0.717) is 18.9 Å². The summed E-state index contributed by atoms with van der Waals surface area (Å²) in [7, 11) is 0. The van der Waals surface area contributed by atoms with Crippen LogP contribution in [0.15, 0.2) is 66.7 Å². The number of hydrogen-bond donors (Lipinski definition) is 1. The maximum atomic E-state index is 12.6. The number of carbonyl (C=O) groups is 1. The van der Waals surface area contributed by atoms with Crippen molar-refractivity contribution in [3.8, 4) is 5.75 Å². The molecule has 3 heteroatoms. The summed E-state index contributed by atoms with van der Waals surface area (Å²) in [6.45, 7) is 6.96. The van der Waals surface area contributed by atoms with Crippen molar-refractivity contribution in [2.24, 2.45) is 0 Å². The average molecular weight is 376 g/mol. The molecule has 3 aromatic rings. The fourth-order valence-electron chi connectivity index (χ4n) is 3.29. The van der Waals surface area contributed by atoms with E-state index in [4.69, 9.17) is 4.74 Å². The highest BCUT2D eigenvalue weighted by Crippen LogP contribution is 2.26. The molecule has 0 aliphatic rings. The minimum atomic E-state index is -0.492. The molecule has 0 bridgehead atoms. The van der Waals surface area contributed by atoms with Crippen LogP contribution in [0.4, 0.5) is 0 Å². The van der Waals surface area contributed by atoms with Crippen LogP contribution in [0.3, 0.4) is 0 Å². The Kier molecular flexibility index (Phi) is 6.70. The lowest BCUT2D eigenvalue weighted by Crippen LogP contribution is -2.39. The van der Waals surface area contributed by atoms with Gasteiger partial charge in [0.2, 0.25) is 0 Å². The van der Waals surface area contributed by atoms with Gasteiger partial charge in [0, 0.05) is 11.9 Å². The van der Waals surface area contributed by atoms with Crippen molar-refractivity contribution in [2.75, 3.05) is 6.54 Å². The minimum absolute atomic E-state index is 0.0609. The molecule has 0 unspecified atom stereocenters. The van der Waals surface area contributed by atoms with E-state index in [1.54, 1.807) is 0 Å². The summed E-state index contributed by atoms with van der Waals surface area (Å²) in [5.41, 5.74) is 2.56. The highest BCUT2D eigenvalue weighted by atomic mass is 16.5. The molecule has 0 saturated carbocycles. The number of carbonyl (C=O) groups excluding carboxylic acids is 1. The zero-order valence-electron chi connectivity index (χ0n) is 16.9. The fraction of sp³-hybridized carbons (Fsp3) is 0.320. The first kappa shape index (κ1) is 19.9. The van der Waals surface area contributed by atoms with Gasteiger partial charge in [0.15, 0.2) is 6.10 Å². The summed E-state index contributed by atoms with van der Waals surface area (Å²) in [4.78, 5) is 12.6. The van der Waals surface area contributed by atoms with Gasteiger partial charge in [0.1, 0.15) is 5.75 Å². The largest absolute Gasteiger partial charge is 0.480 e. The molecule has 3 aromatic carbocycles. The molecule has 0 fully saturated rings. The second-order valence-electron chi connectivity index (χ2n) is 7.43. The SMILES string of the molecule is CC[C@@H](Oc1cccc2ccccc12)C(=O)NCCc1ccc(C(C)C)cc1. The maximum absolute atomic E-state index is 12.6. The van der Waals surface area contributed by atoms with Crippen molar-refractivity contribution in [1.29, 1.82) is 0 Å². The molecule has 0 saturated heterocycles. The molecule has 3 nitrogen and oxygen atoms in total. The number of ether oxygens (including phenoxy) is 1. The second kappa shape index (κ2) is 9.41. The highest BCUT2D eigenvalue weighted by molar-refractivity contribution is 5.89. The van der Waals surface area contributed by atoms with Crippen molar-refractivity contribution in [2.45, 2.75) is 45.6 Å². The van der Waals surface area contributed by atoms with Gasteiger partial charge in [-0.2, -0.15) is 0 Å². The average Bonchev–Trinajstić information content (AvgIpc) is 2.72. The summed E-state index contributed by atoms with van der Waals surface area (Å²) < 4.78 is 6.07. The zero-order chi connectivity index (χ0) is 19.9. The Morgan fingerprint density at radius 3 is 2.39 bits per heavy atom. The monoisotopic (exact) mass is 375 g/mol. The van der Waals surface area contributed by atoms with Crippen LogP contribution in [0.25, 0.3) is 10.8 Å². The molecule has 0 radical (unpaired) electrons. The topological polar surface area (TPSA) is 38.3 Å². The predicted octanol–water partition coefficient (Wildman–Crippen LogP) is 5.48. The van der Waals surface area contributed by atoms with Gasteiger partial charge in [-0.25, -0.2) is 0 Å². The Balaban J connectivity index is 1.57. The standard InChI is InChI=1S/C25H29NO2/c1-4-23(28-24-11-7-9-21-8-5-6-10-22(21)24)25(27)26-17-16-19-12-14-20(15-13-19)18(2)3/h5-15,18,23H,4,16-17H2,1-3H3,(H,26,27)/t23-/m1/s1. The smallest absolute Gasteiger partial charge is 0.261 e. The molecule has 1 amide bonds. The molecule has 28 heavy (non-hydrogen) atoms. The van der Waals surface area contributed by atoms with Crippen molar-refractivity contribution in [1.82, 2.24) is 5.32 Å². The van der Waals surface area contributed by atoms with Crippen LogP contribution in [0.2, 0.25) is 0 Å². The lowest BCUT2D eigenvalue weighted by molar-refractivity contribution is -0.128. The van der Waals surface area contributed by atoms with E-state index in [9.17, 15) is 4.79 Å². The molecule has 0 spiro atoms. The van der Waals surface area contributed by atoms with Crippen molar-refractivity contribution >= 4 is 16.7 Å². The highest BCUT2D eigenvalue weighted by Gasteiger charge is 2.18. The third-order valence-corrected chi connectivity index (χ3v) is 5.04. The Labute approximate surface area is 167 Å². The molecule has 1 atom stereocenters. The summed E-state index contributed by atoms with van der Waals surface area (Å²) in [6, 6.07) is 22.6. The lowest BCUT2D eigenvalue weighted by Gasteiger charge is -2.18. The number of fused-ring (bicyclic) bond motifs is 1. The van der Waals surface area contributed by atoms with Crippen molar-refractivity contribution in [3.63, 3.8) is 0 Å². The lowest BCUT2D eigenvalue weighted by atomic mass is 10.0. The Bertz CT molecular complexity index is 910. The molecular weight excluding hydrogens is 346 g/mol. The van der Waals surface area contributed by atoms with Gasteiger partial charge < -0.3 is 10.1 Å². The van der Waals surface area contributed by atoms with Gasteiger partial charge in [-0.3, -0.25) is 4.79 Å². The van der Waals surface area contributed by atoms with E-state index in [1.165, 1.54) is 11.1 Å². The van der Waals surface area contributed by atoms with Gasteiger partial charge in [0.05, 0.1) is 0 Å². The van der Waals surface area contributed by atoms with Crippen LogP contribution >= 0.6 is 0 Å². The van der Waals surface area contributed by atoms with E-state index in [1.807, 2.05) is 49.4 Å².